The molecule has 4 rings (SSSR count). The second kappa shape index (κ2) is 8.49. The van der Waals surface area contributed by atoms with E-state index < -0.39 is 10.0 Å². The van der Waals surface area contributed by atoms with Gasteiger partial charge in [0, 0.05) is 12.6 Å². The van der Waals surface area contributed by atoms with E-state index in [-0.39, 0.29) is 10.8 Å². The number of carbonyl (C=O) groups is 1. The number of amides is 1. The lowest BCUT2D eigenvalue weighted by atomic mass is 10.1. The molecule has 1 heterocycles. The van der Waals surface area contributed by atoms with Gasteiger partial charge in [0.2, 0.25) is 0 Å². The van der Waals surface area contributed by atoms with Crippen LogP contribution in [0.3, 0.4) is 0 Å². The average molecular weight is 452 g/mol. The summed E-state index contributed by atoms with van der Waals surface area (Å²) in [5.41, 5.74) is 2.95. The summed E-state index contributed by atoms with van der Waals surface area (Å²) < 4.78 is 28.0. The molecule has 0 spiro atoms. The number of aryl methyl sites for hydroxylation is 1. The molecule has 0 bridgehead atoms. The van der Waals surface area contributed by atoms with Crippen LogP contribution in [0.2, 0.25) is 0 Å². The number of hydrogen-bond acceptors (Lipinski definition) is 5. The third-order valence-corrected chi connectivity index (χ3v) is 7.73. The van der Waals surface area contributed by atoms with E-state index in [1.54, 1.807) is 24.3 Å². The Bertz CT molecular complexity index is 1330. The molecule has 8 heteroatoms. The SMILES string of the molecule is CCc1cccc2sc(NC(=O)c3ccc(S(=O)(=O)N(C)c4ccccc4)cc3)nc12. The minimum absolute atomic E-state index is 0.114. The normalized spacial score (nSPS) is 11.4. The monoisotopic (exact) mass is 451 g/mol. The molecule has 1 N–H and O–H groups in total. The lowest BCUT2D eigenvalue weighted by molar-refractivity contribution is 0.102. The average Bonchev–Trinajstić information content (AvgIpc) is 3.21. The summed E-state index contributed by atoms with van der Waals surface area (Å²) in [7, 11) is -2.22. The Morgan fingerprint density at radius 1 is 1.00 bits per heavy atom. The zero-order valence-electron chi connectivity index (χ0n) is 17.1. The van der Waals surface area contributed by atoms with Crippen LogP contribution in [0.25, 0.3) is 10.2 Å². The highest BCUT2D eigenvalue weighted by atomic mass is 32.2. The van der Waals surface area contributed by atoms with Crippen molar-refractivity contribution in [3.05, 3.63) is 83.9 Å². The number of aromatic nitrogens is 1. The Morgan fingerprint density at radius 2 is 1.71 bits per heavy atom. The maximum absolute atomic E-state index is 12.9. The minimum Gasteiger partial charge on any atom is -0.298 e. The number of nitrogens with one attached hydrogen (secondary N) is 1. The van der Waals surface area contributed by atoms with Gasteiger partial charge in [-0.2, -0.15) is 0 Å². The molecule has 3 aromatic carbocycles. The molecule has 1 aromatic heterocycles. The van der Waals surface area contributed by atoms with Crippen LogP contribution in [0.5, 0.6) is 0 Å². The highest BCUT2D eigenvalue weighted by molar-refractivity contribution is 7.92. The Kier molecular flexibility index (Phi) is 5.75. The number of rotatable bonds is 6. The summed E-state index contributed by atoms with van der Waals surface area (Å²) >= 11 is 1.41. The largest absolute Gasteiger partial charge is 0.298 e. The topological polar surface area (TPSA) is 79.4 Å². The molecular formula is C23H21N3O3S2. The van der Waals surface area contributed by atoms with Gasteiger partial charge in [0.05, 0.1) is 20.8 Å². The second-order valence-electron chi connectivity index (χ2n) is 6.92. The zero-order valence-corrected chi connectivity index (χ0v) is 18.7. The van der Waals surface area contributed by atoms with Crippen molar-refractivity contribution < 1.29 is 13.2 Å². The van der Waals surface area contributed by atoms with Gasteiger partial charge in [-0.3, -0.25) is 14.4 Å². The number of para-hydroxylation sites is 2. The van der Waals surface area contributed by atoms with Crippen LogP contribution >= 0.6 is 11.3 Å². The third-order valence-electron chi connectivity index (χ3n) is 5.00. The van der Waals surface area contributed by atoms with Crippen molar-refractivity contribution in [3.63, 3.8) is 0 Å². The van der Waals surface area contributed by atoms with Gasteiger partial charge >= 0.3 is 0 Å². The van der Waals surface area contributed by atoms with Crippen LogP contribution in [-0.2, 0) is 16.4 Å². The maximum Gasteiger partial charge on any atom is 0.264 e. The lowest BCUT2D eigenvalue weighted by Crippen LogP contribution is -2.26. The maximum atomic E-state index is 12.9. The minimum atomic E-state index is -3.73. The molecule has 0 radical (unpaired) electrons. The van der Waals surface area contributed by atoms with Crippen LogP contribution in [0, 0.1) is 0 Å². The molecule has 0 aliphatic heterocycles. The second-order valence-corrected chi connectivity index (χ2v) is 9.92. The summed E-state index contributed by atoms with van der Waals surface area (Å²) in [5, 5.41) is 3.33. The summed E-state index contributed by atoms with van der Waals surface area (Å²) in [6, 6.07) is 20.7. The van der Waals surface area contributed by atoms with Crippen molar-refractivity contribution in [2.24, 2.45) is 0 Å². The molecule has 31 heavy (non-hydrogen) atoms. The number of anilines is 2. The summed E-state index contributed by atoms with van der Waals surface area (Å²) in [4.78, 5) is 17.3. The van der Waals surface area contributed by atoms with Gasteiger partial charge in [0.1, 0.15) is 0 Å². The molecular weight excluding hydrogens is 430 g/mol. The zero-order chi connectivity index (χ0) is 22.0. The fourth-order valence-electron chi connectivity index (χ4n) is 3.23. The molecule has 0 aliphatic rings. The van der Waals surface area contributed by atoms with E-state index in [0.717, 1.165) is 22.2 Å². The molecule has 1 amide bonds. The number of benzene rings is 3. The number of nitrogens with zero attached hydrogens (tertiary/aromatic N) is 2. The van der Waals surface area contributed by atoms with Gasteiger partial charge < -0.3 is 0 Å². The molecule has 0 aliphatic carbocycles. The fourth-order valence-corrected chi connectivity index (χ4v) is 5.33. The van der Waals surface area contributed by atoms with Gasteiger partial charge in [-0.05, 0) is 54.4 Å². The van der Waals surface area contributed by atoms with Crippen molar-refractivity contribution in [1.29, 1.82) is 0 Å². The molecule has 0 saturated heterocycles. The first-order valence-corrected chi connectivity index (χ1v) is 12.0. The highest BCUT2D eigenvalue weighted by Gasteiger charge is 2.21. The van der Waals surface area contributed by atoms with Gasteiger partial charge in [-0.1, -0.05) is 48.6 Å². The van der Waals surface area contributed by atoms with Crippen molar-refractivity contribution in [1.82, 2.24) is 4.98 Å². The molecule has 0 unspecified atom stereocenters. The van der Waals surface area contributed by atoms with E-state index >= 15 is 0 Å². The summed E-state index contributed by atoms with van der Waals surface area (Å²) in [5.74, 6) is -0.336. The van der Waals surface area contributed by atoms with E-state index in [9.17, 15) is 13.2 Å². The Balaban J connectivity index is 1.53. The van der Waals surface area contributed by atoms with E-state index in [1.807, 2.05) is 24.3 Å². The van der Waals surface area contributed by atoms with Crippen LogP contribution in [0.4, 0.5) is 10.8 Å². The lowest BCUT2D eigenvalue weighted by Gasteiger charge is -2.19. The highest BCUT2D eigenvalue weighted by Crippen LogP contribution is 2.29. The first kappa shape index (κ1) is 21.0. The van der Waals surface area contributed by atoms with E-state index in [2.05, 4.69) is 17.2 Å². The fraction of sp³-hybridized carbons (Fsp3) is 0.130. The molecule has 0 atom stereocenters. The van der Waals surface area contributed by atoms with Crippen molar-refractivity contribution in [2.75, 3.05) is 16.7 Å². The number of thiazole rings is 1. The Hall–Kier alpha value is -3.23. The number of carbonyl (C=O) groups excluding carboxylic acids is 1. The van der Waals surface area contributed by atoms with Gasteiger partial charge in [-0.15, -0.1) is 0 Å². The van der Waals surface area contributed by atoms with Crippen LogP contribution in [-0.4, -0.2) is 26.4 Å². The predicted molar refractivity (Wildman–Crippen MR) is 125 cm³/mol. The van der Waals surface area contributed by atoms with Crippen molar-refractivity contribution in [2.45, 2.75) is 18.2 Å². The first-order chi connectivity index (χ1) is 14.9. The van der Waals surface area contributed by atoms with Crippen LogP contribution in [0.15, 0.2) is 77.7 Å². The number of hydrogen-bond donors (Lipinski definition) is 1. The number of sulfonamides is 1. The van der Waals surface area contributed by atoms with Gasteiger partial charge in [-0.25, -0.2) is 13.4 Å². The molecule has 6 nitrogen and oxygen atoms in total. The van der Waals surface area contributed by atoms with Gasteiger partial charge in [0.25, 0.3) is 15.9 Å². The quantitative estimate of drug-likeness (QED) is 0.450. The molecule has 0 saturated carbocycles. The van der Waals surface area contributed by atoms with Crippen molar-refractivity contribution in [3.8, 4) is 0 Å². The summed E-state index contributed by atoms with van der Waals surface area (Å²) in [6.07, 6.45) is 0.863. The Morgan fingerprint density at radius 3 is 2.39 bits per heavy atom. The third kappa shape index (κ3) is 4.17. The smallest absolute Gasteiger partial charge is 0.264 e. The van der Waals surface area contributed by atoms with E-state index in [1.165, 1.54) is 47.0 Å². The van der Waals surface area contributed by atoms with E-state index in [4.69, 9.17) is 0 Å². The molecule has 4 aromatic rings. The van der Waals surface area contributed by atoms with Crippen LogP contribution < -0.4 is 9.62 Å². The van der Waals surface area contributed by atoms with Crippen LogP contribution in [0.1, 0.15) is 22.8 Å². The Labute approximate surface area is 185 Å². The van der Waals surface area contributed by atoms with Gasteiger partial charge in [0.15, 0.2) is 5.13 Å². The molecule has 0 fully saturated rings. The summed E-state index contributed by atoms with van der Waals surface area (Å²) in [6.45, 7) is 2.07. The van der Waals surface area contributed by atoms with E-state index in [0.29, 0.717) is 16.4 Å². The molecule has 158 valence electrons. The standard InChI is InChI=1S/C23H21N3O3S2/c1-3-16-8-7-11-20-21(16)24-23(30-20)25-22(27)17-12-14-19(15-13-17)31(28,29)26(2)18-9-5-4-6-10-18/h4-15H,3H2,1-2H3,(H,24,25,27). The predicted octanol–water partition coefficient (Wildman–Crippen LogP) is 4.94. The first-order valence-electron chi connectivity index (χ1n) is 9.74. The number of fused-ring (bicyclic) bond motifs is 1. The van der Waals surface area contributed by atoms with Crippen molar-refractivity contribution >= 4 is 48.3 Å².